The fourth-order valence-electron chi connectivity index (χ4n) is 15.7. The number of aryl methyl sites for hydroxylation is 1. The van der Waals surface area contributed by atoms with Crippen LogP contribution in [0, 0.1) is 39.9 Å². The minimum atomic E-state index is -0.827. The molecule has 2 saturated heterocycles. The number of aromatic hydroxyl groups is 2. The first-order chi connectivity index (χ1) is 33.8. The number of nitrogens with one attached hydrogen (secondary N) is 3. The van der Waals surface area contributed by atoms with Gasteiger partial charge in [0, 0.05) is 43.1 Å². The van der Waals surface area contributed by atoms with Gasteiger partial charge >= 0.3 is 5.97 Å². The Balaban J connectivity index is 0.964. The third kappa shape index (κ3) is 9.84. The summed E-state index contributed by atoms with van der Waals surface area (Å²) in [7, 11) is 1.48. The van der Waals surface area contributed by atoms with E-state index in [1.165, 1.54) is 32.8 Å². The number of nitrogens with two attached hydrogens (primary N) is 1. The number of fused-ring (bicyclic) bond motifs is 1. The third-order valence-corrected chi connectivity index (χ3v) is 18.5. The summed E-state index contributed by atoms with van der Waals surface area (Å²) < 4.78 is 25.4. The summed E-state index contributed by atoms with van der Waals surface area (Å²) in [4.78, 5) is 13.5. The smallest absolute Gasteiger partial charge is 0.304 e. The molecule has 2 aromatic carbocycles. The Kier molecular flexibility index (Phi) is 15.5. The van der Waals surface area contributed by atoms with Crippen molar-refractivity contribution in [2.24, 2.45) is 45.7 Å². The molecule has 0 amide bonds. The molecule has 15 heteroatoms. The number of piperidine rings is 1. The number of dihydropyridines is 1. The Labute approximate surface area is 413 Å². The zero-order chi connectivity index (χ0) is 49.2. The van der Waals surface area contributed by atoms with Crippen molar-refractivity contribution in [1.82, 2.24) is 16.0 Å². The van der Waals surface area contributed by atoms with E-state index in [4.69, 9.17) is 24.7 Å². The maximum absolute atomic E-state index is 13.5. The van der Waals surface area contributed by atoms with E-state index in [-0.39, 0.29) is 84.7 Å². The largest absolute Gasteiger partial charge is 0.504 e. The summed E-state index contributed by atoms with van der Waals surface area (Å²) in [6, 6.07) is 8.42. The standard InChI is InChI=1S/C55H80N4O11/c1-33-27-54-19-7-10-47(54)53(17-5-6-18-53)28-40(36-15-20-58-49(56)25-36)55(54,29-50(64)65)48(59-33)31-68-46-24-37(23-45(67-2)51(46)66)52-39(16-21-60)42(62)26-38(70-52)13-11-34-12-14-41(61)44(22-34)69-32-57-30-43(63)35-8-3-4-9-35/h12,14-15,22-25,33,35,38-40,42-43,47-48,52,57-63,66H,3-11,13,16-21,26-32,56H2,1-2H3,(H,64,65). The maximum Gasteiger partial charge on any atom is 0.304 e. The second-order valence-corrected chi connectivity index (χ2v) is 22.3. The summed E-state index contributed by atoms with van der Waals surface area (Å²) in [5.41, 5.74) is 8.30. The van der Waals surface area contributed by atoms with Gasteiger partial charge in [-0.3, -0.25) is 10.1 Å². The average molecular weight is 973 g/mol. The number of benzene rings is 2. The number of ether oxygens (including phenoxy) is 4. The molecule has 11 N–H and O–H groups in total. The molecular weight excluding hydrogens is 893 g/mol. The van der Waals surface area contributed by atoms with Gasteiger partial charge in [-0.2, -0.15) is 0 Å². The fraction of sp³-hybridized carbons (Fsp3) is 0.691. The van der Waals surface area contributed by atoms with Crippen LogP contribution in [0.4, 0.5) is 0 Å². The fourth-order valence-corrected chi connectivity index (χ4v) is 15.7. The number of aliphatic hydroxyl groups excluding tert-OH is 3. The normalized spacial score (nSPS) is 33.2. The molecule has 0 radical (unpaired) electrons. The second kappa shape index (κ2) is 21.5. The molecule has 3 heterocycles. The van der Waals surface area contributed by atoms with Crippen LogP contribution in [0.3, 0.4) is 0 Å². The molecule has 0 aromatic heterocycles. The van der Waals surface area contributed by atoms with Crippen molar-refractivity contribution in [3.63, 3.8) is 0 Å². The number of aliphatic hydroxyl groups is 3. The van der Waals surface area contributed by atoms with Crippen molar-refractivity contribution in [3.8, 4) is 28.7 Å². The number of rotatable bonds is 19. The summed E-state index contributed by atoms with van der Waals surface area (Å²) in [5, 5.41) is 76.3. The van der Waals surface area contributed by atoms with Crippen molar-refractivity contribution in [2.45, 2.75) is 159 Å². The van der Waals surface area contributed by atoms with E-state index < -0.39 is 41.7 Å². The van der Waals surface area contributed by atoms with Crippen LogP contribution in [0.5, 0.6) is 28.7 Å². The van der Waals surface area contributed by atoms with Crippen LogP contribution in [0.15, 0.2) is 53.9 Å². The van der Waals surface area contributed by atoms with Crippen molar-refractivity contribution in [1.29, 1.82) is 0 Å². The average Bonchev–Trinajstić information content (AvgIpc) is 4.15. The van der Waals surface area contributed by atoms with Crippen molar-refractivity contribution < 1.29 is 54.4 Å². The molecule has 4 saturated carbocycles. The zero-order valence-corrected chi connectivity index (χ0v) is 41.4. The highest BCUT2D eigenvalue weighted by Crippen LogP contribution is 2.77. The molecule has 386 valence electrons. The number of hydrogen-bond donors (Lipinski definition) is 10. The quantitative estimate of drug-likeness (QED) is 0.0521. The number of hydrogen-bond acceptors (Lipinski definition) is 14. The number of carbonyl (C=O) groups is 1. The van der Waals surface area contributed by atoms with Gasteiger partial charge in [0.25, 0.3) is 0 Å². The molecule has 11 atom stereocenters. The Hall–Kier alpha value is -4.25. The molecule has 15 nitrogen and oxygen atoms in total. The predicted octanol–water partition coefficient (Wildman–Crippen LogP) is 6.69. The monoisotopic (exact) mass is 973 g/mol. The van der Waals surface area contributed by atoms with E-state index in [2.05, 4.69) is 29.0 Å². The van der Waals surface area contributed by atoms with Crippen LogP contribution in [0.2, 0.25) is 0 Å². The van der Waals surface area contributed by atoms with E-state index in [9.17, 15) is 35.4 Å². The van der Waals surface area contributed by atoms with Crippen LogP contribution in [-0.4, -0.2) is 107 Å². The zero-order valence-electron chi connectivity index (χ0n) is 41.4. The van der Waals surface area contributed by atoms with Crippen molar-refractivity contribution >= 4 is 5.97 Å². The molecule has 11 unspecified atom stereocenters. The number of carboxylic acid groups (broad SMARTS) is 1. The van der Waals surface area contributed by atoms with Gasteiger partial charge in [0.2, 0.25) is 5.75 Å². The Bertz CT molecular complexity index is 2210. The lowest BCUT2D eigenvalue weighted by Gasteiger charge is -2.70. The first kappa shape index (κ1) is 50.7. The van der Waals surface area contributed by atoms with Crippen LogP contribution in [-0.2, 0) is 16.0 Å². The van der Waals surface area contributed by atoms with Gasteiger partial charge in [0.15, 0.2) is 23.0 Å². The van der Waals surface area contributed by atoms with E-state index in [1.54, 1.807) is 24.3 Å². The maximum atomic E-state index is 13.5. The van der Waals surface area contributed by atoms with Gasteiger partial charge in [-0.05, 0) is 160 Å². The first-order valence-electron chi connectivity index (χ1n) is 26.5. The van der Waals surface area contributed by atoms with Crippen molar-refractivity contribution in [2.75, 3.05) is 40.1 Å². The molecule has 0 bridgehead atoms. The summed E-state index contributed by atoms with van der Waals surface area (Å²) >= 11 is 0. The second-order valence-electron chi connectivity index (χ2n) is 22.3. The molecular formula is C55H80N4O11. The van der Waals surface area contributed by atoms with Crippen LogP contribution < -0.4 is 35.9 Å². The minimum absolute atomic E-state index is 0.0167. The molecule has 9 rings (SSSR count). The number of allylic oxidation sites excluding steroid dienone is 2. The Morgan fingerprint density at radius 1 is 0.986 bits per heavy atom. The van der Waals surface area contributed by atoms with Gasteiger partial charge in [-0.15, -0.1) is 0 Å². The predicted molar refractivity (Wildman–Crippen MR) is 264 cm³/mol. The number of aliphatic carboxylic acids is 1. The van der Waals surface area contributed by atoms with E-state index in [0.717, 1.165) is 68.9 Å². The van der Waals surface area contributed by atoms with Crippen LogP contribution in [0.25, 0.3) is 0 Å². The highest BCUT2D eigenvalue weighted by Gasteiger charge is 2.73. The van der Waals surface area contributed by atoms with Gasteiger partial charge in [0.1, 0.15) is 13.3 Å². The lowest BCUT2D eigenvalue weighted by Crippen LogP contribution is -2.73. The van der Waals surface area contributed by atoms with E-state index in [1.807, 2.05) is 12.1 Å². The third-order valence-electron chi connectivity index (χ3n) is 18.5. The summed E-state index contributed by atoms with van der Waals surface area (Å²) in [6.45, 7) is 3.29. The molecule has 2 aromatic rings. The topological polar surface area (TPSA) is 237 Å². The minimum Gasteiger partial charge on any atom is -0.504 e. The lowest BCUT2D eigenvalue weighted by atomic mass is 9.36. The van der Waals surface area contributed by atoms with Crippen LogP contribution >= 0.6 is 0 Å². The van der Waals surface area contributed by atoms with E-state index in [0.29, 0.717) is 61.3 Å². The van der Waals surface area contributed by atoms with Crippen molar-refractivity contribution in [3.05, 3.63) is 65.0 Å². The van der Waals surface area contributed by atoms with Gasteiger partial charge in [-0.25, -0.2) is 0 Å². The molecule has 3 aliphatic heterocycles. The SMILES string of the molecule is COc1cc(C2OC(CCc3ccc(O)c(OCNCC(O)C4CCCC4)c3)CC(O)C2CCO)cc(OCC2NC(C)CC34CCCC3C3(CCCC3)CC(C3=CCNC(N)=C3)C24CC(=O)O)c1O. The molecule has 6 fully saturated rings. The molecule has 4 aliphatic carbocycles. The molecule has 7 aliphatic rings. The first-order valence-corrected chi connectivity index (χ1v) is 26.5. The highest BCUT2D eigenvalue weighted by atomic mass is 16.5. The summed E-state index contributed by atoms with van der Waals surface area (Å²) in [6.07, 6.45) is 17.7. The highest BCUT2D eigenvalue weighted by molar-refractivity contribution is 5.69. The number of carboxylic acids is 1. The van der Waals surface area contributed by atoms with Gasteiger partial charge < -0.3 is 66.0 Å². The Morgan fingerprint density at radius 3 is 2.51 bits per heavy atom. The van der Waals surface area contributed by atoms with Gasteiger partial charge in [-0.1, -0.05) is 44.2 Å². The summed E-state index contributed by atoms with van der Waals surface area (Å²) in [5.74, 6) is 0.427. The Morgan fingerprint density at radius 2 is 1.77 bits per heavy atom. The molecule has 2 spiro atoms. The van der Waals surface area contributed by atoms with Gasteiger partial charge in [0.05, 0.1) is 43.8 Å². The number of phenols is 2. The lowest BCUT2D eigenvalue weighted by molar-refractivity contribution is -0.203. The van der Waals surface area contributed by atoms with Crippen LogP contribution in [0.1, 0.15) is 133 Å². The number of methoxy groups -OCH3 is 1. The number of phenolic OH excluding ortho intramolecular Hbond substituents is 2. The molecule has 70 heavy (non-hydrogen) atoms. The van der Waals surface area contributed by atoms with E-state index >= 15 is 0 Å².